The van der Waals surface area contributed by atoms with Crippen molar-refractivity contribution in [3.63, 3.8) is 0 Å². The number of nitrogens with two attached hydrogens (primary N) is 1. The third kappa shape index (κ3) is 13.7. The molecule has 2 rings (SSSR count). The monoisotopic (exact) mass is 618 g/mol. The van der Waals surface area contributed by atoms with Gasteiger partial charge >= 0.3 is 18.0 Å². The molecule has 0 saturated carbocycles. The Kier molecular flexibility index (Phi) is 15.7. The van der Waals surface area contributed by atoms with Crippen LogP contribution in [0.15, 0.2) is 0 Å². The number of fused-ring (bicyclic) bond motifs is 1. The van der Waals surface area contributed by atoms with E-state index < -0.39 is 42.4 Å². The molecule has 2 saturated heterocycles. The lowest BCUT2D eigenvalue weighted by molar-refractivity contribution is -0.139. The largest absolute Gasteiger partial charge is 0.480 e. The average molecular weight is 619 g/mol. The second-order valence-electron chi connectivity index (χ2n) is 10.1. The minimum absolute atomic E-state index is 0.0300. The zero-order valence-electron chi connectivity index (χ0n) is 23.0. The van der Waals surface area contributed by atoms with Crippen molar-refractivity contribution in [2.45, 2.75) is 87.2 Å². The van der Waals surface area contributed by atoms with Crippen LogP contribution < -0.4 is 32.3 Å². The maximum Gasteiger partial charge on any atom is 0.322 e. The Bertz CT molecular complexity index is 927. The van der Waals surface area contributed by atoms with Gasteiger partial charge in [-0.3, -0.25) is 24.0 Å². The summed E-state index contributed by atoms with van der Waals surface area (Å²) in [5.41, 5.74) is 5.40. The lowest BCUT2D eigenvalue weighted by Crippen LogP contribution is -2.49. The number of thioether (sulfide) groups is 2. The summed E-state index contributed by atoms with van der Waals surface area (Å²) in [6, 6.07) is -1.84. The predicted molar refractivity (Wildman–Crippen MR) is 156 cm³/mol. The Morgan fingerprint density at radius 2 is 1.78 bits per heavy atom. The third-order valence-electron chi connectivity index (χ3n) is 6.72. The summed E-state index contributed by atoms with van der Waals surface area (Å²) >= 11 is 3.30. The molecule has 5 amide bonds. The average Bonchev–Trinajstić information content (AvgIpc) is 3.47. The second-order valence-corrected chi connectivity index (χ2v) is 12.5. The van der Waals surface area contributed by atoms with Gasteiger partial charge in [-0.2, -0.15) is 23.5 Å². The van der Waals surface area contributed by atoms with E-state index in [4.69, 9.17) is 15.9 Å². The van der Waals surface area contributed by atoms with Crippen LogP contribution in [0.4, 0.5) is 4.79 Å². The number of carbonyl (C=O) groups is 6. The number of carboxylic acids is 2. The number of hydrogen-bond acceptors (Lipinski definition) is 9. The van der Waals surface area contributed by atoms with Crippen molar-refractivity contribution in [3.05, 3.63) is 0 Å². The molecule has 14 nitrogen and oxygen atoms in total. The van der Waals surface area contributed by atoms with E-state index in [2.05, 4.69) is 26.6 Å². The SMILES string of the molecule is N[C@@H](CCC(=O)N[C@@H](CSCCCCCNC(=O)CCCC[C@@H]1SC[C@H]2NC(=O)N[C@H]12)C(=O)NCC(=O)O)C(=O)O. The highest BCUT2D eigenvalue weighted by atomic mass is 32.2. The van der Waals surface area contributed by atoms with Crippen LogP contribution in [0.5, 0.6) is 0 Å². The minimum Gasteiger partial charge on any atom is -0.480 e. The molecule has 232 valence electrons. The molecule has 0 bridgehead atoms. The maximum absolute atomic E-state index is 12.3. The van der Waals surface area contributed by atoms with Gasteiger partial charge in [0.2, 0.25) is 17.7 Å². The highest BCUT2D eigenvalue weighted by Crippen LogP contribution is 2.33. The van der Waals surface area contributed by atoms with Crippen molar-refractivity contribution in [2.75, 3.05) is 30.3 Å². The maximum atomic E-state index is 12.3. The lowest BCUT2D eigenvalue weighted by Gasteiger charge is -2.18. The molecule has 2 fully saturated rings. The first-order valence-electron chi connectivity index (χ1n) is 13.9. The molecule has 0 spiro atoms. The molecule has 16 heteroatoms. The van der Waals surface area contributed by atoms with Gasteiger partial charge in [0.05, 0.1) is 12.1 Å². The van der Waals surface area contributed by atoms with Gasteiger partial charge in [0.1, 0.15) is 18.6 Å². The molecule has 5 atom stereocenters. The fourth-order valence-electron chi connectivity index (χ4n) is 4.44. The van der Waals surface area contributed by atoms with Crippen molar-refractivity contribution >= 4 is 59.2 Å². The van der Waals surface area contributed by atoms with Crippen molar-refractivity contribution in [1.82, 2.24) is 26.6 Å². The summed E-state index contributed by atoms with van der Waals surface area (Å²) in [4.78, 5) is 69.6. The number of unbranched alkanes of at least 4 members (excludes halogenated alkanes) is 3. The Hall–Kier alpha value is -2.72. The van der Waals surface area contributed by atoms with Crippen LogP contribution in [0.2, 0.25) is 0 Å². The number of nitrogens with one attached hydrogen (secondary N) is 5. The van der Waals surface area contributed by atoms with Gasteiger partial charge in [-0.25, -0.2) is 4.79 Å². The van der Waals surface area contributed by atoms with Crippen molar-refractivity contribution in [2.24, 2.45) is 5.73 Å². The van der Waals surface area contributed by atoms with Gasteiger partial charge in [-0.05, 0) is 37.9 Å². The first-order valence-corrected chi connectivity index (χ1v) is 16.1. The molecule has 0 unspecified atom stereocenters. The van der Waals surface area contributed by atoms with Crippen LogP contribution in [0.3, 0.4) is 0 Å². The Morgan fingerprint density at radius 3 is 2.51 bits per heavy atom. The zero-order valence-corrected chi connectivity index (χ0v) is 24.7. The van der Waals surface area contributed by atoms with E-state index in [1.165, 1.54) is 11.8 Å². The summed E-state index contributed by atoms with van der Waals surface area (Å²) in [6.07, 6.45) is 5.44. The number of amides is 5. The Morgan fingerprint density at radius 1 is 1.00 bits per heavy atom. The molecule has 2 aliphatic rings. The highest BCUT2D eigenvalue weighted by molar-refractivity contribution is 8.00. The number of rotatable bonds is 21. The standard InChI is InChI=1S/C25H42N6O8S2/c26-15(24(37)38)8-9-20(33)29-17(23(36)28-12-21(34)35)13-40-11-5-1-4-10-27-19(32)7-3-2-6-18-22-16(14-41-18)30-25(39)31-22/h15-18,22H,1-14,26H2,(H,27,32)(H,28,36)(H,29,33)(H,34,35)(H,37,38)(H2,30,31,39)/t15-,16+,17-,18-,22-/m0/s1. The van der Waals surface area contributed by atoms with Gasteiger partial charge < -0.3 is 42.5 Å². The first kappa shape index (κ1) is 34.5. The van der Waals surface area contributed by atoms with Gasteiger partial charge in [-0.15, -0.1) is 0 Å². The molecule has 0 aromatic carbocycles. The highest BCUT2D eigenvalue weighted by Gasteiger charge is 2.42. The number of hydrogen-bond donors (Lipinski definition) is 8. The normalized spacial score (nSPS) is 20.7. The topological polar surface area (TPSA) is 229 Å². The third-order valence-corrected chi connectivity index (χ3v) is 9.37. The molecule has 2 aliphatic heterocycles. The second kappa shape index (κ2) is 18.7. The molecule has 0 aromatic heterocycles. The Labute approximate surface area is 247 Å². The van der Waals surface area contributed by atoms with E-state index in [9.17, 15) is 28.8 Å². The predicted octanol–water partition coefficient (Wildman–Crippen LogP) is -0.390. The fourth-order valence-corrected chi connectivity index (χ4v) is 7.03. The van der Waals surface area contributed by atoms with Crippen LogP contribution in [-0.4, -0.2) is 106 Å². The molecular formula is C25H42N6O8S2. The molecule has 0 aromatic rings. The van der Waals surface area contributed by atoms with Crippen molar-refractivity contribution < 1.29 is 39.0 Å². The van der Waals surface area contributed by atoms with E-state index in [0.29, 0.717) is 24.0 Å². The van der Waals surface area contributed by atoms with Gasteiger partial charge in [0.25, 0.3) is 0 Å². The molecular weight excluding hydrogens is 576 g/mol. The molecule has 41 heavy (non-hydrogen) atoms. The zero-order chi connectivity index (χ0) is 30.2. The van der Waals surface area contributed by atoms with E-state index in [1.807, 2.05) is 11.8 Å². The van der Waals surface area contributed by atoms with E-state index >= 15 is 0 Å². The molecule has 0 aliphatic carbocycles. The van der Waals surface area contributed by atoms with Crippen molar-refractivity contribution in [1.29, 1.82) is 0 Å². The molecule has 0 radical (unpaired) electrons. The van der Waals surface area contributed by atoms with Crippen LogP contribution >= 0.6 is 23.5 Å². The number of carbonyl (C=O) groups excluding carboxylic acids is 4. The van der Waals surface area contributed by atoms with Crippen LogP contribution in [0.1, 0.15) is 57.8 Å². The van der Waals surface area contributed by atoms with Crippen LogP contribution in [0.25, 0.3) is 0 Å². The molecule has 9 N–H and O–H groups in total. The summed E-state index contributed by atoms with van der Waals surface area (Å²) in [5.74, 6) is -1.73. The first-order chi connectivity index (χ1) is 19.6. The number of carboxylic acid groups (broad SMARTS) is 2. The summed E-state index contributed by atoms with van der Waals surface area (Å²) in [5, 5.41) is 31.6. The number of urea groups is 1. The van der Waals surface area contributed by atoms with Crippen LogP contribution in [0, 0.1) is 0 Å². The smallest absolute Gasteiger partial charge is 0.322 e. The summed E-state index contributed by atoms with van der Waals surface area (Å²) in [7, 11) is 0. The molecule has 2 heterocycles. The van der Waals surface area contributed by atoms with Crippen LogP contribution in [-0.2, 0) is 24.0 Å². The van der Waals surface area contributed by atoms with Gasteiger partial charge in [0.15, 0.2) is 0 Å². The quantitative estimate of drug-likeness (QED) is 0.0610. The van der Waals surface area contributed by atoms with E-state index in [0.717, 1.165) is 44.3 Å². The summed E-state index contributed by atoms with van der Waals surface area (Å²) < 4.78 is 0. The van der Waals surface area contributed by atoms with Gasteiger partial charge in [-0.1, -0.05) is 12.8 Å². The van der Waals surface area contributed by atoms with Gasteiger partial charge in [0, 0.05) is 36.1 Å². The van der Waals surface area contributed by atoms with E-state index in [1.54, 1.807) is 0 Å². The van der Waals surface area contributed by atoms with Crippen molar-refractivity contribution in [3.8, 4) is 0 Å². The lowest BCUT2D eigenvalue weighted by atomic mass is 10.0. The summed E-state index contributed by atoms with van der Waals surface area (Å²) in [6.45, 7) is 0.00149. The number of aliphatic carboxylic acids is 2. The minimum atomic E-state index is -1.23. The van der Waals surface area contributed by atoms with E-state index in [-0.39, 0.29) is 42.6 Å². The fraction of sp³-hybridized carbons (Fsp3) is 0.760. The Balaban J connectivity index is 1.53.